The smallest absolute Gasteiger partial charge is 0.137 e. The average Bonchev–Trinajstić information content (AvgIpc) is 3.16. The summed E-state index contributed by atoms with van der Waals surface area (Å²) >= 11 is 3.05. The summed E-state index contributed by atoms with van der Waals surface area (Å²) in [6.45, 7) is 0. The molecule has 3 heterocycles. The molecule has 0 saturated heterocycles. The van der Waals surface area contributed by atoms with Gasteiger partial charge in [0.05, 0.1) is 0 Å². The Hall–Kier alpha value is -1.40. The van der Waals surface area contributed by atoms with Gasteiger partial charge in [0.25, 0.3) is 0 Å². The summed E-state index contributed by atoms with van der Waals surface area (Å²) in [7, 11) is 0. The van der Waals surface area contributed by atoms with Crippen LogP contribution in [0.2, 0.25) is 0 Å². The monoisotopic (exact) mass is 292 g/mol. The Morgan fingerprint density at radius 2 is 1.26 bits per heavy atom. The lowest BCUT2D eigenvalue weighted by molar-refractivity contribution is 0.160. The van der Waals surface area contributed by atoms with Gasteiger partial charge in [-0.1, -0.05) is 0 Å². The van der Waals surface area contributed by atoms with Crippen molar-refractivity contribution in [3.05, 3.63) is 68.4 Å². The molecular formula is C14H12O3S2. The van der Waals surface area contributed by atoms with E-state index in [0.29, 0.717) is 11.5 Å². The predicted octanol–water partition coefficient (Wildman–Crippen LogP) is 3.57. The molecule has 2 atom stereocenters. The van der Waals surface area contributed by atoms with Gasteiger partial charge in [-0.3, -0.25) is 0 Å². The fourth-order valence-corrected chi connectivity index (χ4v) is 3.21. The maximum Gasteiger partial charge on any atom is 0.137 e. The first kappa shape index (κ1) is 12.6. The number of aliphatic hydroxyl groups excluding tert-OH is 2. The Morgan fingerprint density at radius 1 is 0.789 bits per heavy atom. The van der Waals surface area contributed by atoms with Crippen molar-refractivity contribution in [2.45, 2.75) is 12.2 Å². The van der Waals surface area contributed by atoms with Crippen LogP contribution in [0.4, 0.5) is 0 Å². The van der Waals surface area contributed by atoms with Crippen LogP contribution in [0.25, 0.3) is 0 Å². The third-order valence-electron chi connectivity index (χ3n) is 2.90. The van der Waals surface area contributed by atoms with Gasteiger partial charge in [0.2, 0.25) is 0 Å². The van der Waals surface area contributed by atoms with E-state index in [0.717, 1.165) is 11.1 Å². The summed E-state index contributed by atoms with van der Waals surface area (Å²) < 4.78 is 5.56. The van der Waals surface area contributed by atoms with E-state index < -0.39 is 12.2 Å². The molecule has 0 saturated carbocycles. The predicted molar refractivity (Wildman–Crippen MR) is 75.5 cm³/mol. The molecule has 3 rings (SSSR count). The average molecular weight is 292 g/mol. The molecule has 19 heavy (non-hydrogen) atoms. The summed E-state index contributed by atoms with van der Waals surface area (Å²) in [6.07, 6.45) is -1.57. The molecule has 0 spiro atoms. The Kier molecular flexibility index (Phi) is 3.52. The SMILES string of the molecule is OC(c1ccsc1)c1ccc(C(O)c2ccsc2)o1. The molecular weight excluding hydrogens is 280 g/mol. The molecule has 0 radical (unpaired) electrons. The number of rotatable bonds is 4. The standard InChI is InChI=1S/C14H12O3S2/c15-13(9-3-5-18-7-9)11-1-2-12(17-11)14(16)10-4-6-19-8-10/h1-8,13-16H. The zero-order valence-electron chi connectivity index (χ0n) is 9.89. The van der Waals surface area contributed by atoms with Crippen LogP contribution in [0, 0.1) is 0 Å². The van der Waals surface area contributed by atoms with Gasteiger partial charge >= 0.3 is 0 Å². The lowest BCUT2D eigenvalue weighted by Gasteiger charge is -2.07. The third kappa shape index (κ3) is 2.50. The van der Waals surface area contributed by atoms with Crippen molar-refractivity contribution in [3.63, 3.8) is 0 Å². The van der Waals surface area contributed by atoms with Crippen LogP contribution in [0.3, 0.4) is 0 Å². The van der Waals surface area contributed by atoms with Crippen LogP contribution in [-0.2, 0) is 0 Å². The van der Waals surface area contributed by atoms with Crippen molar-refractivity contribution in [1.82, 2.24) is 0 Å². The summed E-state index contributed by atoms with van der Waals surface area (Å²) in [4.78, 5) is 0. The lowest BCUT2D eigenvalue weighted by Crippen LogP contribution is -1.97. The number of hydrogen-bond acceptors (Lipinski definition) is 5. The first-order chi connectivity index (χ1) is 9.25. The topological polar surface area (TPSA) is 53.6 Å². The van der Waals surface area contributed by atoms with Crippen molar-refractivity contribution in [1.29, 1.82) is 0 Å². The Morgan fingerprint density at radius 3 is 1.63 bits per heavy atom. The van der Waals surface area contributed by atoms with Gasteiger partial charge in [0, 0.05) is 0 Å². The maximum atomic E-state index is 10.1. The highest BCUT2D eigenvalue weighted by Gasteiger charge is 2.19. The Labute approximate surface area is 118 Å². The molecule has 3 nitrogen and oxygen atoms in total. The van der Waals surface area contributed by atoms with Gasteiger partial charge in [-0.2, -0.15) is 22.7 Å². The molecule has 0 aliphatic carbocycles. The van der Waals surface area contributed by atoms with Crippen molar-refractivity contribution in [2.75, 3.05) is 0 Å². The van der Waals surface area contributed by atoms with Gasteiger partial charge in [-0.15, -0.1) is 0 Å². The van der Waals surface area contributed by atoms with Crippen LogP contribution in [0.15, 0.2) is 50.2 Å². The van der Waals surface area contributed by atoms with Gasteiger partial charge in [0.1, 0.15) is 23.7 Å². The van der Waals surface area contributed by atoms with E-state index in [2.05, 4.69) is 0 Å². The second-order valence-electron chi connectivity index (χ2n) is 4.16. The molecule has 0 bridgehead atoms. The summed E-state index contributed by atoms with van der Waals surface area (Å²) in [6, 6.07) is 7.11. The minimum absolute atomic E-state index is 0.447. The molecule has 2 N–H and O–H groups in total. The van der Waals surface area contributed by atoms with Gasteiger partial charge < -0.3 is 14.6 Å². The molecule has 3 aromatic rings. The van der Waals surface area contributed by atoms with Crippen LogP contribution >= 0.6 is 22.7 Å². The van der Waals surface area contributed by atoms with E-state index in [1.165, 1.54) is 22.7 Å². The van der Waals surface area contributed by atoms with E-state index in [1.807, 2.05) is 33.7 Å². The molecule has 5 heteroatoms. The van der Waals surface area contributed by atoms with Crippen molar-refractivity contribution >= 4 is 22.7 Å². The van der Waals surface area contributed by atoms with Crippen LogP contribution < -0.4 is 0 Å². The molecule has 0 aromatic carbocycles. The highest BCUT2D eigenvalue weighted by molar-refractivity contribution is 7.08. The summed E-state index contributed by atoms with van der Waals surface area (Å²) in [5, 5.41) is 27.8. The van der Waals surface area contributed by atoms with Crippen molar-refractivity contribution in [2.24, 2.45) is 0 Å². The van der Waals surface area contributed by atoms with Crippen molar-refractivity contribution in [3.8, 4) is 0 Å². The van der Waals surface area contributed by atoms with Gasteiger partial charge in [-0.05, 0) is 56.9 Å². The number of aliphatic hydroxyl groups is 2. The van der Waals surface area contributed by atoms with Gasteiger partial charge in [-0.25, -0.2) is 0 Å². The second kappa shape index (κ2) is 5.30. The zero-order valence-corrected chi connectivity index (χ0v) is 11.5. The molecule has 0 aliphatic rings. The van der Waals surface area contributed by atoms with Gasteiger partial charge in [0.15, 0.2) is 0 Å². The minimum Gasteiger partial charge on any atom is -0.460 e. The molecule has 98 valence electrons. The second-order valence-corrected chi connectivity index (χ2v) is 5.72. The normalized spacial score (nSPS) is 14.4. The first-order valence-electron chi connectivity index (χ1n) is 5.75. The Balaban J connectivity index is 1.83. The third-order valence-corrected chi connectivity index (χ3v) is 4.31. The molecule has 3 aromatic heterocycles. The first-order valence-corrected chi connectivity index (χ1v) is 7.64. The fourth-order valence-electron chi connectivity index (χ4n) is 1.85. The molecule has 0 fully saturated rings. The number of furan rings is 1. The van der Waals surface area contributed by atoms with Crippen LogP contribution in [0.1, 0.15) is 34.9 Å². The molecule has 0 amide bonds. The van der Waals surface area contributed by atoms with E-state index in [4.69, 9.17) is 4.42 Å². The van der Waals surface area contributed by atoms with Crippen molar-refractivity contribution < 1.29 is 14.6 Å². The summed E-state index contributed by atoms with van der Waals surface area (Å²) in [5.41, 5.74) is 1.60. The number of hydrogen-bond donors (Lipinski definition) is 2. The quantitative estimate of drug-likeness (QED) is 0.773. The molecule has 2 unspecified atom stereocenters. The highest BCUT2D eigenvalue weighted by Crippen LogP contribution is 2.30. The van der Waals surface area contributed by atoms with E-state index in [-0.39, 0.29) is 0 Å². The largest absolute Gasteiger partial charge is 0.460 e. The van der Waals surface area contributed by atoms with Crippen LogP contribution in [-0.4, -0.2) is 10.2 Å². The summed E-state index contributed by atoms with van der Waals surface area (Å²) in [5.74, 6) is 0.894. The minimum atomic E-state index is -0.783. The zero-order chi connectivity index (χ0) is 13.2. The maximum absolute atomic E-state index is 10.1. The van der Waals surface area contributed by atoms with Crippen LogP contribution in [0.5, 0.6) is 0 Å². The number of thiophene rings is 2. The Bertz CT molecular complexity index is 571. The molecule has 0 aliphatic heterocycles. The van der Waals surface area contributed by atoms with E-state index >= 15 is 0 Å². The highest BCUT2D eigenvalue weighted by atomic mass is 32.1. The fraction of sp³-hybridized carbons (Fsp3) is 0.143. The lowest BCUT2D eigenvalue weighted by atomic mass is 10.1. The van der Waals surface area contributed by atoms with E-state index in [1.54, 1.807) is 12.1 Å². The van der Waals surface area contributed by atoms with E-state index in [9.17, 15) is 10.2 Å².